The molecule has 1 amide bonds. The number of amides is 1. The van der Waals surface area contributed by atoms with Gasteiger partial charge in [-0.05, 0) is 37.6 Å². The van der Waals surface area contributed by atoms with Gasteiger partial charge in [0.1, 0.15) is 0 Å². The number of hydrogen-bond donors (Lipinski definition) is 1. The number of thioether (sulfide) groups is 1. The van der Waals surface area contributed by atoms with Crippen molar-refractivity contribution < 1.29 is 4.79 Å². The maximum Gasteiger partial charge on any atom is 0.250 e. The number of hydrogen-bond acceptors (Lipinski definition) is 6. The Kier molecular flexibility index (Phi) is 5.39. The van der Waals surface area contributed by atoms with E-state index in [-0.39, 0.29) is 11.7 Å². The molecule has 2 aromatic rings. The van der Waals surface area contributed by atoms with Gasteiger partial charge in [-0.15, -0.1) is 0 Å². The van der Waals surface area contributed by atoms with E-state index in [1.165, 1.54) is 11.8 Å². The number of pyridine rings is 1. The standard InChI is InChI=1S/C14H15N5OS/c1-10-7-11(2)18-14(17-10)21-9-13(20)19-16-8-12-3-5-15-6-4-12/h3-8H,9H2,1-2H3,(H,19,20)/b16-8-. The predicted octanol–water partition coefficient (Wildman–Crippen LogP) is 1.73. The third-order valence-electron chi connectivity index (χ3n) is 2.40. The number of carbonyl (C=O) groups is 1. The minimum Gasteiger partial charge on any atom is -0.272 e. The van der Waals surface area contributed by atoms with E-state index in [4.69, 9.17) is 0 Å². The largest absolute Gasteiger partial charge is 0.272 e. The minimum absolute atomic E-state index is 0.201. The van der Waals surface area contributed by atoms with Crippen molar-refractivity contribution in [2.24, 2.45) is 5.10 Å². The molecule has 0 aliphatic heterocycles. The maximum atomic E-state index is 11.7. The first-order valence-corrected chi connectivity index (χ1v) is 7.29. The summed E-state index contributed by atoms with van der Waals surface area (Å²) in [5, 5.41) is 4.48. The molecular weight excluding hydrogens is 286 g/mol. The second-order valence-corrected chi connectivity index (χ2v) is 5.24. The van der Waals surface area contributed by atoms with Crippen molar-refractivity contribution in [1.82, 2.24) is 20.4 Å². The fraction of sp³-hybridized carbons (Fsp3) is 0.214. The summed E-state index contributed by atoms with van der Waals surface area (Å²) in [7, 11) is 0. The summed E-state index contributed by atoms with van der Waals surface area (Å²) >= 11 is 1.28. The molecule has 2 heterocycles. The minimum atomic E-state index is -0.201. The van der Waals surface area contributed by atoms with Crippen LogP contribution < -0.4 is 5.43 Å². The summed E-state index contributed by atoms with van der Waals surface area (Å²) in [5.74, 6) is 0.0180. The zero-order valence-electron chi connectivity index (χ0n) is 11.8. The normalized spacial score (nSPS) is 10.8. The quantitative estimate of drug-likeness (QED) is 0.394. The summed E-state index contributed by atoms with van der Waals surface area (Å²) in [6.07, 6.45) is 4.89. The Hall–Kier alpha value is -2.28. The molecule has 6 nitrogen and oxygen atoms in total. The van der Waals surface area contributed by atoms with Crippen LogP contribution >= 0.6 is 11.8 Å². The van der Waals surface area contributed by atoms with Crippen LogP contribution in [0.25, 0.3) is 0 Å². The predicted molar refractivity (Wildman–Crippen MR) is 82.2 cm³/mol. The van der Waals surface area contributed by atoms with E-state index in [9.17, 15) is 4.79 Å². The van der Waals surface area contributed by atoms with Gasteiger partial charge in [0.05, 0.1) is 12.0 Å². The molecule has 0 fully saturated rings. The molecular formula is C14H15N5OS. The Balaban J connectivity index is 1.81. The Labute approximate surface area is 127 Å². The van der Waals surface area contributed by atoms with Crippen molar-refractivity contribution in [3.05, 3.63) is 47.5 Å². The summed E-state index contributed by atoms with van der Waals surface area (Å²) < 4.78 is 0. The van der Waals surface area contributed by atoms with E-state index in [2.05, 4.69) is 25.5 Å². The van der Waals surface area contributed by atoms with Crippen molar-refractivity contribution in [1.29, 1.82) is 0 Å². The molecule has 0 spiro atoms. The van der Waals surface area contributed by atoms with Crippen LogP contribution in [0.4, 0.5) is 0 Å². The number of nitrogens with zero attached hydrogens (tertiary/aromatic N) is 4. The van der Waals surface area contributed by atoms with Gasteiger partial charge in [-0.1, -0.05) is 11.8 Å². The van der Waals surface area contributed by atoms with Crippen molar-refractivity contribution >= 4 is 23.9 Å². The van der Waals surface area contributed by atoms with E-state index >= 15 is 0 Å². The van der Waals surface area contributed by atoms with Crippen molar-refractivity contribution in [2.75, 3.05) is 5.75 Å². The molecule has 7 heteroatoms. The summed E-state index contributed by atoms with van der Waals surface area (Å²) in [5.41, 5.74) is 5.12. The maximum absolute atomic E-state index is 11.7. The monoisotopic (exact) mass is 301 g/mol. The second-order valence-electron chi connectivity index (χ2n) is 4.30. The van der Waals surface area contributed by atoms with Gasteiger partial charge in [0, 0.05) is 23.8 Å². The molecule has 0 saturated heterocycles. The van der Waals surface area contributed by atoms with Crippen molar-refractivity contribution in [2.45, 2.75) is 19.0 Å². The lowest BCUT2D eigenvalue weighted by atomic mass is 10.3. The number of aromatic nitrogens is 3. The van der Waals surface area contributed by atoms with Crippen LogP contribution in [0.1, 0.15) is 17.0 Å². The molecule has 1 N–H and O–H groups in total. The van der Waals surface area contributed by atoms with Crippen LogP contribution in [0.5, 0.6) is 0 Å². The third kappa shape index (κ3) is 5.31. The van der Waals surface area contributed by atoms with Gasteiger partial charge in [0.15, 0.2) is 5.16 Å². The smallest absolute Gasteiger partial charge is 0.250 e. The van der Waals surface area contributed by atoms with E-state index in [1.807, 2.05) is 19.9 Å². The van der Waals surface area contributed by atoms with Crippen molar-refractivity contribution in [3.63, 3.8) is 0 Å². The van der Waals surface area contributed by atoms with Gasteiger partial charge < -0.3 is 0 Å². The average Bonchev–Trinajstić information content (AvgIpc) is 2.45. The van der Waals surface area contributed by atoms with Crippen LogP contribution in [0.3, 0.4) is 0 Å². The molecule has 2 rings (SSSR count). The number of carbonyl (C=O) groups excluding carboxylic acids is 1. The molecule has 0 aliphatic carbocycles. The highest BCUT2D eigenvalue weighted by Crippen LogP contribution is 2.13. The van der Waals surface area contributed by atoms with E-state index in [0.717, 1.165) is 17.0 Å². The first-order valence-electron chi connectivity index (χ1n) is 6.30. The Bertz CT molecular complexity index is 625. The fourth-order valence-electron chi connectivity index (χ4n) is 1.55. The van der Waals surface area contributed by atoms with Crippen LogP contribution in [0.15, 0.2) is 40.9 Å². The zero-order chi connectivity index (χ0) is 15.1. The molecule has 2 aromatic heterocycles. The van der Waals surface area contributed by atoms with Gasteiger partial charge in [-0.25, -0.2) is 15.4 Å². The third-order valence-corrected chi connectivity index (χ3v) is 3.25. The van der Waals surface area contributed by atoms with Crippen LogP contribution in [-0.4, -0.2) is 32.8 Å². The summed E-state index contributed by atoms with van der Waals surface area (Å²) in [6, 6.07) is 5.49. The fourth-order valence-corrected chi connectivity index (χ4v) is 2.29. The number of hydrazone groups is 1. The highest BCUT2D eigenvalue weighted by molar-refractivity contribution is 7.99. The zero-order valence-corrected chi connectivity index (χ0v) is 12.6. The van der Waals surface area contributed by atoms with Crippen LogP contribution in [0.2, 0.25) is 0 Å². The van der Waals surface area contributed by atoms with Gasteiger partial charge in [0.2, 0.25) is 0 Å². The summed E-state index contributed by atoms with van der Waals surface area (Å²) in [4.78, 5) is 24.1. The topological polar surface area (TPSA) is 80.1 Å². The second kappa shape index (κ2) is 7.49. The van der Waals surface area contributed by atoms with Gasteiger partial charge >= 0.3 is 0 Å². The van der Waals surface area contributed by atoms with Crippen molar-refractivity contribution in [3.8, 4) is 0 Å². The lowest BCUT2D eigenvalue weighted by Gasteiger charge is -2.02. The SMILES string of the molecule is Cc1cc(C)nc(SCC(=O)N/N=C\c2ccncc2)n1. The molecule has 0 atom stereocenters. The lowest BCUT2D eigenvalue weighted by Crippen LogP contribution is -2.19. The molecule has 0 aliphatic rings. The highest BCUT2D eigenvalue weighted by Gasteiger charge is 2.05. The highest BCUT2D eigenvalue weighted by atomic mass is 32.2. The lowest BCUT2D eigenvalue weighted by molar-refractivity contribution is -0.118. The molecule has 0 saturated carbocycles. The first kappa shape index (κ1) is 15.1. The molecule has 21 heavy (non-hydrogen) atoms. The Morgan fingerprint density at radius 2 is 1.95 bits per heavy atom. The molecule has 108 valence electrons. The first-order chi connectivity index (χ1) is 10.1. The molecule has 0 aromatic carbocycles. The average molecular weight is 301 g/mol. The number of nitrogens with one attached hydrogen (secondary N) is 1. The van der Waals surface area contributed by atoms with Gasteiger partial charge in [-0.3, -0.25) is 9.78 Å². The van der Waals surface area contributed by atoms with Crippen LogP contribution in [0, 0.1) is 13.8 Å². The summed E-state index contributed by atoms with van der Waals surface area (Å²) in [6.45, 7) is 3.80. The molecule has 0 bridgehead atoms. The molecule has 0 radical (unpaired) electrons. The van der Waals surface area contributed by atoms with E-state index in [0.29, 0.717) is 5.16 Å². The number of rotatable bonds is 5. The Morgan fingerprint density at radius 1 is 1.29 bits per heavy atom. The van der Waals surface area contributed by atoms with Gasteiger partial charge in [0.25, 0.3) is 5.91 Å². The van der Waals surface area contributed by atoms with Crippen LogP contribution in [-0.2, 0) is 4.79 Å². The Morgan fingerprint density at radius 3 is 2.62 bits per heavy atom. The van der Waals surface area contributed by atoms with Gasteiger partial charge in [-0.2, -0.15) is 5.10 Å². The van der Waals surface area contributed by atoms with E-state index < -0.39 is 0 Å². The number of aryl methyl sites for hydroxylation is 2. The molecule has 0 unspecified atom stereocenters. The van der Waals surface area contributed by atoms with E-state index in [1.54, 1.807) is 30.7 Å².